The van der Waals surface area contributed by atoms with E-state index >= 15 is 0 Å². The predicted molar refractivity (Wildman–Crippen MR) is 41.5 cm³/mol. The minimum absolute atomic E-state index is 0.334. The van der Waals surface area contributed by atoms with Gasteiger partial charge in [-0.2, -0.15) is 0 Å². The molecule has 0 aliphatic carbocycles. The Labute approximate surface area is 66.0 Å². The summed E-state index contributed by atoms with van der Waals surface area (Å²) >= 11 is 0. The number of carboxylic acids is 1. The zero-order valence-corrected chi connectivity index (χ0v) is 6.63. The third-order valence-corrected chi connectivity index (χ3v) is 1.92. The first-order valence-corrected chi connectivity index (χ1v) is 3.93. The molecule has 0 unspecified atom stereocenters. The molecule has 0 saturated carbocycles. The molecule has 0 bridgehead atoms. The fraction of sp³-hybridized carbons (Fsp3) is 0.857. The zero-order valence-electron chi connectivity index (χ0n) is 6.63. The summed E-state index contributed by atoms with van der Waals surface area (Å²) in [6.07, 6.45) is 0.698. The van der Waals surface area contributed by atoms with E-state index in [0.717, 1.165) is 13.1 Å². The van der Waals surface area contributed by atoms with Crippen LogP contribution in [0.3, 0.4) is 0 Å². The maximum absolute atomic E-state index is 10.5. The number of hydrogen-bond donors (Lipinski definition) is 3. The van der Waals surface area contributed by atoms with Gasteiger partial charge in [-0.25, -0.2) is 0 Å². The lowest BCUT2D eigenvalue weighted by Gasteiger charge is -2.07. The highest BCUT2D eigenvalue weighted by atomic mass is 16.4. The second-order valence-corrected chi connectivity index (χ2v) is 2.79. The summed E-state index contributed by atoms with van der Waals surface area (Å²) in [5.74, 6) is -0.745. The van der Waals surface area contributed by atoms with Crippen molar-refractivity contribution in [2.24, 2.45) is 0 Å². The first-order valence-electron chi connectivity index (χ1n) is 3.93. The third-order valence-electron chi connectivity index (χ3n) is 1.92. The van der Waals surface area contributed by atoms with E-state index in [1.54, 1.807) is 0 Å². The van der Waals surface area contributed by atoms with Crippen LogP contribution in [0.5, 0.6) is 0 Å². The van der Waals surface area contributed by atoms with E-state index in [1.165, 1.54) is 0 Å². The van der Waals surface area contributed by atoms with Crippen LogP contribution in [0, 0.1) is 0 Å². The zero-order chi connectivity index (χ0) is 8.27. The number of carbonyl (C=O) groups is 1. The summed E-state index contributed by atoms with van der Waals surface area (Å²) in [4.78, 5) is 10.5. The van der Waals surface area contributed by atoms with Gasteiger partial charge in [-0.1, -0.05) is 6.92 Å². The molecule has 0 aromatic carbocycles. The molecule has 0 aromatic heterocycles. The molecule has 0 spiro atoms. The summed E-state index contributed by atoms with van der Waals surface area (Å²) in [7, 11) is 0. The fourth-order valence-corrected chi connectivity index (χ4v) is 1.37. The Balaban J connectivity index is 2.29. The monoisotopic (exact) mass is 158 g/mol. The molecule has 3 N–H and O–H groups in total. The summed E-state index contributed by atoms with van der Waals surface area (Å²) in [5, 5.41) is 14.7. The normalized spacial score (nSPS) is 30.6. The van der Waals surface area contributed by atoms with E-state index in [9.17, 15) is 4.79 Å². The van der Waals surface area contributed by atoms with Gasteiger partial charge in [0.15, 0.2) is 0 Å². The molecular formula is C7H14N2O2. The molecule has 64 valence electrons. The lowest BCUT2D eigenvalue weighted by Crippen LogP contribution is -2.30. The molecule has 1 heterocycles. The van der Waals surface area contributed by atoms with E-state index in [0.29, 0.717) is 12.5 Å². The summed E-state index contributed by atoms with van der Waals surface area (Å²) in [6, 6.07) is -0.0138. The van der Waals surface area contributed by atoms with Crippen molar-refractivity contribution in [3.8, 4) is 0 Å². The average molecular weight is 158 g/mol. The van der Waals surface area contributed by atoms with Gasteiger partial charge in [-0.15, -0.1) is 0 Å². The van der Waals surface area contributed by atoms with Crippen molar-refractivity contribution in [1.29, 1.82) is 0 Å². The molecule has 0 aromatic rings. The standard InChI is InChI=1S/C7H14N2O2/c1-2-8-5-3-6(7(10)11)9-4-5/h5-6,8-9H,2-4H2,1H3,(H,10,11)/t5-,6+/m1/s1. The highest BCUT2D eigenvalue weighted by molar-refractivity contribution is 5.73. The van der Waals surface area contributed by atoms with Gasteiger partial charge in [0.2, 0.25) is 0 Å². The van der Waals surface area contributed by atoms with Crippen LogP contribution in [0.15, 0.2) is 0 Å². The van der Waals surface area contributed by atoms with Crippen molar-refractivity contribution in [2.75, 3.05) is 13.1 Å². The molecule has 1 fully saturated rings. The number of carboxylic acid groups (broad SMARTS) is 1. The number of likely N-dealkylation sites (N-methyl/N-ethyl adjacent to an activating group) is 1. The Kier molecular flexibility index (Phi) is 2.84. The van der Waals surface area contributed by atoms with Crippen molar-refractivity contribution < 1.29 is 9.90 Å². The van der Waals surface area contributed by atoms with Crippen LogP contribution >= 0.6 is 0 Å². The van der Waals surface area contributed by atoms with Gasteiger partial charge in [0.1, 0.15) is 6.04 Å². The first kappa shape index (κ1) is 8.49. The molecule has 1 rings (SSSR count). The second-order valence-electron chi connectivity index (χ2n) is 2.79. The number of aliphatic carboxylic acids is 1. The lowest BCUT2D eigenvalue weighted by molar-refractivity contribution is -0.139. The number of hydrogen-bond acceptors (Lipinski definition) is 3. The topological polar surface area (TPSA) is 61.4 Å². The molecule has 2 atom stereocenters. The summed E-state index contributed by atoms with van der Waals surface area (Å²) < 4.78 is 0. The largest absolute Gasteiger partial charge is 0.480 e. The maximum Gasteiger partial charge on any atom is 0.320 e. The van der Waals surface area contributed by atoms with Crippen LogP contribution in [0.25, 0.3) is 0 Å². The molecule has 4 nitrogen and oxygen atoms in total. The van der Waals surface area contributed by atoms with E-state index < -0.39 is 5.97 Å². The van der Waals surface area contributed by atoms with Gasteiger partial charge >= 0.3 is 5.97 Å². The van der Waals surface area contributed by atoms with Crippen LogP contribution < -0.4 is 10.6 Å². The SMILES string of the molecule is CCN[C@H]1CN[C@H](C(=O)O)C1. The molecule has 1 aliphatic rings. The van der Waals surface area contributed by atoms with E-state index in [2.05, 4.69) is 10.6 Å². The molecular weight excluding hydrogens is 144 g/mol. The fourth-order valence-electron chi connectivity index (χ4n) is 1.37. The van der Waals surface area contributed by atoms with Gasteiger partial charge in [0.05, 0.1) is 0 Å². The van der Waals surface area contributed by atoms with Crippen molar-refractivity contribution >= 4 is 5.97 Å². The van der Waals surface area contributed by atoms with Crippen LogP contribution in [0.4, 0.5) is 0 Å². The molecule has 4 heteroatoms. The Morgan fingerprint density at radius 1 is 1.82 bits per heavy atom. The Morgan fingerprint density at radius 3 is 3.00 bits per heavy atom. The summed E-state index contributed by atoms with van der Waals surface area (Å²) in [5.41, 5.74) is 0. The van der Waals surface area contributed by atoms with E-state index in [-0.39, 0.29) is 6.04 Å². The van der Waals surface area contributed by atoms with Crippen LogP contribution in [-0.2, 0) is 4.79 Å². The third kappa shape index (κ3) is 2.17. The predicted octanol–water partition coefficient (Wildman–Crippen LogP) is -0.589. The highest BCUT2D eigenvalue weighted by Crippen LogP contribution is 2.05. The summed E-state index contributed by atoms with van der Waals surface area (Å²) in [6.45, 7) is 3.69. The molecule has 0 amide bonds. The van der Waals surface area contributed by atoms with E-state index in [1.807, 2.05) is 6.92 Å². The first-order chi connectivity index (χ1) is 5.24. The van der Waals surface area contributed by atoms with Gasteiger partial charge in [0.25, 0.3) is 0 Å². The molecule has 1 aliphatic heterocycles. The van der Waals surface area contributed by atoms with Crippen LogP contribution in [0.2, 0.25) is 0 Å². The molecule has 0 radical (unpaired) electrons. The van der Waals surface area contributed by atoms with Crippen molar-refractivity contribution in [3.05, 3.63) is 0 Å². The Hall–Kier alpha value is -0.610. The Bertz CT molecular complexity index is 149. The highest BCUT2D eigenvalue weighted by Gasteiger charge is 2.27. The lowest BCUT2D eigenvalue weighted by atomic mass is 10.2. The van der Waals surface area contributed by atoms with Gasteiger partial charge in [0, 0.05) is 12.6 Å². The smallest absolute Gasteiger partial charge is 0.320 e. The van der Waals surface area contributed by atoms with E-state index in [4.69, 9.17) is 5.11 Å². The number of nitrogens with one attached hydrogen (secondary N) is 2. The quantitative estimate of drug-likeness (QED) is 0.514. The van der Waals surface area contributed by atoms with Crippen molar-refractivity contribution in [1.82, 2.24) is 10.6 Å². The average Bonchev–Trinajstić information content (AvgIpc) is 2.37. The van der Waals surface area contributed by atoms with Gasteiger partial charge < -0.3 is 15.7 Å². The van der Waals surface area contributed by atoms with Crippen molar-refractivity contribution in [3.63, 3.8) is 0 Å². The Morgan fingerprint density at radius 2 is 2.55 bits per heavy atom. The number of rotatable bonds is 3. The molecule has 11 heavy (non-hydrogen) atoms. The second kappa shape index (κ2) is 3.69. The van der Waals surface area contributed by atoms with Gasteiger partial charge in [-0.05, 0) is 13.0 Å². The van der Waals surface area contributed by atoms with Crippen LogP contribution in [0.1, 0.15) is 13.3 Å². The minimum atomic E-state index is -0.745. The maximum atomic E-state index is 10.5. The van der Waals surface area contributed by atoms with Gasteiger partial charge in [-0.3, -0.25) is 4.79 Å². The molecule has 1 saturated heterocycles. The minimum Gasteiger partial charge on any atom is -0.480 e. The van der Waals surface area contributed by atoms with Crippen molar-refractivity contribution in [2.45, 2.75) is 25.4 Å². The van der Waals surface area contributed by atoms with Crippen LogP contribution in [-0.4, -0.2) is 36.2 Å².